The van der Waals surface area contributed by atoms with Crippen molar-refractivity contribution in [2.45, 2.75) is 0 Å². The SMILES string of the molecule is COc1ccc(-c2cc3c(=O)[nH]c4cc(C#N)ccc4n3n2)cc1. The van der Waals surface area contributed by atoms with E-state index in [1.165, 1.54) is 0 Å². The number of hydrogen-bond donors (Lipinski definition) is 1. The fraction of sp³-hybridized carbons (Fsp3) is 0.0556. The van der Waals surface area contributed by atoms with E-state index in [1.54, 1.807) is 35.9 Å². The molecule has 0 bridgehead atoms. The van der Waals surface area contributed by atoms with Crippen LogP contribution in [-0.4, -0.2) is 21.7 Å². The van der Waals surface area contributed by atoms with Crippen molar-refractivity contribution >= 4 is 16.6 Å². The summed E-state index contributed by atoms with van der Waals surface area (Å²) in [7, 11) is 1.61. The Morgan fingerprint density at radius 3 is 2.62 bits per heavy atom. The molecule has 6 nitrogen and oxygen atoms in total. The van der Waals surface area contributed by atoms with Gasteiger partial charge in [-0.1, -0.05) is 0 Å². The van der Waals surface area contributed by atoms with Crippen LogP contribution in [0.15, 0.2) is 53.3 Å². The first-order valence-electron chi connectivity index (χ1n) is 7.30. The van der Waals surface area contributed by atoms with Crippen LogP contribution in [0.25, 0.3) is 27.8 Å². The molecule has 2 aromatic heterocycles. The number of fused-ring (bicyclic) bond motifs is 3. The summed E-state index contributed by atoms with van der Waals surface area (Å²) in [4.78, 5) is 15.1. The van der Waals surface area contributed by atoms with Crippen LogP contribution in [0.5, 0.6) is 5.75 Å². The molecule has 0 spiro atoms. The Morgan fingerprint density at radius 2 is 1.92 bits per heavy atom. The van der Waals surface area contributed by atoms with Crippen molar-refractivity contribution in [1.29, 1.82) is 5.26 Å². The van der Waals surface area contributed by atoms with Gasteiger partial charge in [0.15, 0.2) is 0 Å². The van der Waals surface area contributed by atoms with Gasteiger partial charge in [0.25, 0.3) is 5.56 Å². The number of aromatic amines is 1. The zero-order valence-electron chi connectivity index (χ0n) is 12.8. The second-order valence-corrected chi connectivity index (χ2v) is 5.35. The van der Waals surface area contributed by atoms with Crippen LogP contribution in [0.4, 0.5) is 0 Å². The van der Waals surface area contributed by atoms with Crippen molar-refractivity contribution in [3.8, 4) is 23.1 Å². The normalized spacial score (nSPS) is 10.8. The third-order valence-corrected chi connectivity index (χ3v) is 3.93. The minimum absolute atomic E-state index is 0.246. The topological polar surface area (TPSA) is 83.2 Å². The molecule has 0 aliphatic carbocycles. The Bertz CT molecular complexity index is 1160. The lowest BCUT2D eigenvalue weighted by molar-refractivity contribution is 0.415. The highest BCUT2D eigenvalue weighted by atomic mass is 16.5. The van der Waals surface area contributed by atoms with E-state index in [2.05, 4.69) is 16.2 Å². The number of rotatable bonds is 2. The first-order valence-corrected chi connectivity index (χ1v) is 7.30. The molecule has 0 aliphatic heterocycles. The van der Waals surface area contributed by atoms with Gasteiger partial charge in [0, 0.05) is 5.56 Å². The first kappa shape index (κ1) is 14.0. The van der Waals surface area contributed by atoms with Crippen LogP contribution >= 0.6 is 0 Å². The lowest BCUT2D eigenvalue weighted by atomic mass is 10.1. The van der Waals surface area contributed by atoms with E-state index >= 15 is 0 Å². The smallest absolute Gasteiger partial charge is 0.274 e. The van der Waals surface area contributed by atoms with E-state index in [0.717, 1.165) is 16.8 Å². The minimum Gasteiger partial charge on any atom is -0.497 e. The fourth-order valence-electron chi connectivity index (χ4n) is 2.71. The molecule has 0 atom stereocenters. The highest BCUT2D eigenvalue weighted by Gasteiger charge is 2.11. The van der Waals surface area contributed by atoms with Crippen molar-refractivity contribution < 1.29 is 4.74 Å². The largest absolute Gasteiger partial charge is 0.497 e. The number of nitrogens with one attached hydrogen (secondary N) is 1. The summed E-state index contributed by atoms with van der Waals surface area (Å²) in [6.45, 7) is 0. The van der Waals surface area contributed by atoms with Gasteiger partial charge in [0.1, 0.15) is 11.3 Å². The number of methoxy groups -OCH3 is 1. The molecular weight excluding hydrogens is 304 g/mol. The molecule has 0 unspecified atom stereocenters. The maximum atomic E-state index is 12.3. The van der Waals surface area contributed by atoms with Crippen LogP contribution in [0.3, 0.4) is 0 Å². The van der Waals surface area contributed by atoms with Gasteiger partial charge in [0.2, 0.25) is 0 Å². The van der Waals surface area contributed by atoms with Crippen LogP contribution < -0.4 is 10.3 Å². The Balaban J connectivity index is 1.96. The number of hydrogen-bond acceptors (Lipinski definition) is 4. The molecule has 2 heterocycles. The predicted molar refractivity (Wildman–Crippen MR) is 90.0 cm³/mol. The van der Waals surface area contributed by atoms with E-state index in [1.807, 2.05) is 24.3 Å². The lowest BCUT2D eigenvalue weighted by Gasteiger charge is -2.01. The highest BCUT2D eigenvalue weighted by Crippen LogP contribution is 2.23. The molecule has 4 aromatic rings. The summed E-state index contributed by atoms with van der Waals surface area (Å²) in [5, 5.41) is 13.6. The summed E-state index contributed by atoms with van der Waals surface area (Å²) in [5.74, 6) is 0.759. The van der Waals surface area contributed by atoms with E-state index in [9.17, 15) is 4.79 Å². The molecule has 0 aliphatic rings. The highest BCUT2D eigenvalue weighted by molar-refractivity contribution is 5.80. The fourth-order valence-corrected chi connectivity index (χ4v) is 2.71. The van der Waals surface area contributed by atoms with Gasteiger partial charge >= 0.3 is 0 Å². The van der Waals surface area contributed by atoms with Gasteiger partial charge in [-0.25, -0.2) is 4.52 Å². The predicted octanol–water partition coefficient (Wildman–Crippen LogP) is 2.72. The lowest BCUT2D eigenvalue weighted by Crippen LogP contribution is -2.10. The number of aromatic nitrogens is 3. The second-order valence-electron chi connectivity index (χ2n) is 5.35. The Kier molecular flexibility index (Phi) is 3.07. The molecule has 2 aromatic carbocycles. The first-order chi connectivity index (χ1) is 11.7. The van der Waals surface area contributed by atoms with Gasteiger partial charge < -0.3 is 9.72 Å². The van der Waals surface area contributed by atoms with Crippen molar-refractivity contribution in [2.24, 2.45) is 0 Å². The maximum Gasteiger partial charge on any atom is 0.274 e. The number of ether oxygens (including phenoxy) is 1. The van der Waals surface area contributed by atoms with Gasteiger partial charge in [-0.3, -0.25) is 4.79 Å². The van der Waals surface area contributed by atoms with Gasteiger partial charge in [-0.05, 0) is 48.5 Å². The Hall–Kier alpha value is -3.59. The average Bonchev–Trinajstić information content (AvgIpc) is 3.07. The molecular formula is C18H12N4O2. The number of nitriles is 1. The van der Waals surface area contributed by atoms with Gasteiger partial charge in [-0.15, -0.1) is 0 Å². The van der Waals surface area contributed by atoms with Crippen molar-refractivity contribution in [1.82, 2.24) is 14.6 Å². The van der Waals surface area contributed by atoms with Crippen molar-refractivity contribution in [3.63, 3.8) is 0 Å². The van der Waals surface area contributed by atoms with Crippen molar-refractivity contribution in [3.05, 3.63) is 64.4 Å². The molecule has 0 saturated carbocycles. The molecule has 4 rings (SSSR count). The third-order valence-electron chi connectivity index (χ3n) is 3.93. The zero-order valence-corrected chi connectivity index (χ0v) is 12.8. The molecule has 24 heavy (non-hydrogen) atoms. The molecule has 6 heteroatoms. The van der Waals surface area contributed by atoms with Crippen LogP contribution in [-0.2, 0) is 0 Å². The van der Waals surface area contributed by atoms with E-state index in [0.29, 0.717) is 22.3 Å². The van der Waals surface area contributed by atoms with E-state index in [-0.39, 0.29) is 5.56 Å². The maximum absolute atomic E-state index is 12.3. The molecule has 116 valence electrons. The summed E-state index contributed by atoms with van der Waals surface area (Å²) in [6.07, 6.45) is 0. The number of nitrogens with zero attached hydrogens (tertiary/aromatic N) is 3. The van der Waals surface area contributed by atoms with E-state index in [4.69, 9.17) is 10.00 Å². The average molecular weight is 316 g/mol. The number of benzene rings is 2. The van der Waals surface area contributed by atoms with Gasteiger partial charge in [-0.2, -0.15) is 10.4 Å². The summed E-state index contributed by atoms with van der Waals surface area (Å²) in [5.41, 5.74) is 3.60. The molecule has 0 amide bonds. The zero-order chi connectivity index (χ0) is 16.7. The Morgan fingerprint density at radius 1 is 1.12 bits per heavy atom. The molecule has 0 fully saturated rings. The molecule has 0 radical (unpaired) electrons. The monoisotopic (exact) mass is 316 g/mol. The minimum atomic E-state index is -0.246. The van der Waals surface area contributed by atoms with Crippen LogP contribution in [0, 0.1) is 11.3 Å². The standard InChI is InChI=1S/C18H12N4O2/c1-24-13-5-3-12(4-6-13)14-9-17-18(23)20-15-8-11(10-19)2-7-16(15)22(17)21-14/h2-9H,1H3,(H,20,23). The van der Waals surface area contributed by atoms with Crippen LogP contribution in [0.2, 0.25) is 0 Å². The third kappa shape index (κ3) is 2.11. The van der Waals surface area contributed by atoms with Gasteiger partial charge in [0.05, 0.1) is 35.5 Å². The van der Waals surface area contributed by atoms with E-state index < -0.39 is 0 Å². The quantitative estimate of drug-likeness (QED) is 0.616. The Labute approximate surface area is 136 Å². The van der Waals surface area contributed by atoms with Crippen LogP contribution in [0.1, 0.15) is 5.56 Å². The summed E-state index contributed by atoms with van der Waals surface area (Å²) >= 11 is 0. The second kappa shape index (κ2) is 5.25. The number of H-pyrrole nitrogens is 1. The summed E-state index contributed by atoms with van der Waals surface area (Å²) in [6, 6.07) is 16.4. The molecule has 0 saturated heterocycles. The summed E-state index contributed by atoms with van der Waals surface area (Å²) < 4.78 is 6.76. The molecule has 1 N–H and O–H groups in total. The van der Waals surface area contributed by atoms with Crippen molar-refractivity contribution in [2.75, 3.05) is 7.11 Å².